The zero-order chi connectivity index (χ0) is 19.4. The molecule has 0 aliphatic heterocycles. The number of halogens is 2. The Kier molecular flexibility index (Phi) is 6.02. The van der Waals surface area contributed by atoms with Crippen LogP contribution in [0.2, 0.25) is 5.02 Å². The van der Waals surface area contributed by atoms with Crippen molar-refractivity contribution in [1.29, 1.82) is 0 Å². The van der Waals surface area contributed by atoms with Gasteiger partial charge in [0.1, 0.15) is 6.26 Å². The average Bonchev–Trinajstić information content (AvgIpc) is 3.09. The van der Waals surface area contributed by atoms with E-state index in [-0.39, 0.29) is 17.7 Å². The van der Waals surface area contributed by atoms with Crippen LogP contribution in [-0.4, -0.2) is 17.4 Å². The number of oxazole rings is 1. The molecule has 0 bridgehead atoms. The SMILES string of the molecule is CC(C)(CNC(=O)Cc1coc(-c2ccc(Cl)cc2)n1)c1ccc(Br)cc1. The van der Waals surface area contributed by atoms with Crippen LogP contribution in [0.1, 0.15) is 25.1 Å². The van der Waals surface area contributed by atoms with Crippen molar-refractivity contribution in [3.63, 3.8) is 0 Å². The monoisotopic (exact) mass is 446 g/mol. The summed E-state index contributed by atoms with van der Waals surface area (Å²) in [6.45, 7) is 4.74. The van der Waals surface area contributed by atoms with E-state index in [1.807, 2.05) is 24.3 Å². The minimum atomic E-state index is -0.172. The van der Waals surface area contributed by atoms with Gasteiger partial charge in [-0.2, -0.15) is 0 Å². The van der Waals surface area contributed by atoms with Crippen LogP contribution in [0, 0.1) is 0 Å². The number of amides is 1. The Bertz CT molecular complexity index is 918. The van der Waals surface area contributed by atoms with Gasteiger partial charge in [-0.1, -0.05) is 53.5 Å². The fourth-order valence-corrected chi connectivity index (χ4v) is 3.05. The number of carbonyl (C=O) groups is 1. The molecule has 3 rings (SSSR count). The molecular formula is C21H20BrClN2O2. The van der Waals surface area contributed by atoms with Crippen LogP contribution in [0.3, 0.4) is 0 Å². The van der Waals surface area contributed by atoms with Crippen molar-refractivity contribution < 1.29 is 9.21 Å². The summed E-state index contributed by atoms with van der Waals surface area (Å²) in [4.78, 5) is 16.7. The number of rotatable bonds is 6. The Labute approximate surface area is 172 Å². The second kappa shape index (κ2) is 8.28. The lowest BCUT2D eigenvalue weighted by Gasteiger charge is -2.25. The second-order valence-corrected chi connectivity index (χ2v) is 8.35. The van der Waals surface area contributed by atoms with Crippen LogP contribution in [0.15, 0.2) is 63.7 Å². The molecule has 1 amide bonds. The highest BCUT2D eigenvalue weighted by atomic mass is 79.9. The van der Waals surface area contributed by atoms with Gasteiger partial charge in [0.2, 0.25) is 11.8 Å². The standard InChI is InChI=1S/C21H20BrClN2O2/c1-21(2,15-5-7-16(22)8-6-15)13-24-19(26)11-18-12-27-20(25-18)14-3-9-17(23)10-4-14/h3-10,12H,11,13H2,1-2H3,(H,24,26). The van der Waals surface area contributed by atoms with E-state index < -0.39 is 0 Å². The van der Waals surface area contributed by atoms with Gasteiger partial charge < -0.3 is 9.73 Å². The smallest absolute Gasteiger partial charge is 0.226 e. The van der Waals surface area contributed by atoms with Crippen molar-refractivity contribution in [2.75, 3.05) is 6.54 Å². The van der Waals surface area contributed by atoms with Crippen molar-refractivity contribution in [2.45, 2.75) is 25.7 Å². The van der Waals surface area contributed by atoms with Crippen LogP contribution in [-0.2, 0) is 16.6 Å². The van der Waals surface area contributed by atoms with Gasteiger partial charge in [-0.25, -0.2) is 4.98 Å². The van der Waals surface area contributed by atoms with Crippen molar-refractivity contribution in [3.05, 3.63) is 75.5 Å². The van der Waals surface area contributed by atoms with Crippen LogP contribution < -0.4 is 5.32 Å². The highest BCUT2D eigenvalue weighted by Crippen LogP contribution is 2.24. The molecule has 6 heteroatoms. The summed E-state index contributed by atoms with van der Waals surface area (Å²) >= 11 is 9.33. The Morgan fingerprint density at radius 1 is 1.15 bits per heavy atom. The van der Waals surface area contributed by atoms with E-state index in [0.717, 1.165) is 15.6 Å². The first kappa shape index (κ1) is 19.6. The molecule has 1 heterocycles. The summed E-state index contributed by atoms with van der Waals surface area (Å²) in [6.07, 6.45) is 1.69. The van der Waals surface area contributed by atoms with Gasteiger partial charge in [0.15, 0.2) is 0 Å². The van der Waals surface area contributed by atoms with E-state index in [1.165, 1.54) is 6.26 Å². The minimum absolute atomic E-state index is 0.0869. The quantitative estimate of drug-likeness (QED) is 0.551. The number of aromatic nitrogens is 1. The van der Waals surface area contributed by atoms with E-state index in [4.69, 9.17) is 16.0 Å². The van der Waals surface area contributed by atoms with Crippen molar-refractivity contribution in [1.82, 2.24) is 10.3 Å². The van der Waals surface area contributed by atoms with Crippen LogP contribution >= 0.6 is 27.5 Å². The lowest BCUT2D eigenvalue weighted by molar-refractivity contribution is -0.120. The molecular weight excluding hydrogens is 428 g/mol. The van der Waals surface area contributed by atoms with E-state index in [2.05, 4.69) is 52.2 Å². The first-order valence-electron chi connectivity index (χ1n) is 8.56. The zero-order valence-corrected chi connectivity index (χ0v) is 17.5. The molecule has 140 valence electrons. The molecule has 0 radical (unpaired) electrons. The molecule has 1 N–H and O–H groups in total. The third-order valence-electron chi connectivity index (χ3n) is 4.34. The van der Waals surface area contributed by atoms with E-state index in [1.54, 1.807) is 12.1 Å². The van der Waals surface area contributed by atoms with Crippen LogP contribution in [0.5, 0.6) is 0 Å². The molecule has 0 fully saturated rings. The number of hydrogen-bond donors (Lipinski definition) is 1. The molecule has 3 aromatic rings. The van der Waals surface area contributed by atoms with E-state index in [0.29, 0.717) is 23.2 Å². The number of nitrogens with zero attached hydrogens (tertiary/aromatic N) is 1. The van der Waals surface area contributed by atoms with Gasteiger partial charge >= 0.3 is 0 Å². The van der Waals surface area contributed by atoms with Gasteiger partial charge in [-0.3, -0.25) is 4.79 Å². The molecule has 0 aliphatic rings. The first-order valence-corrected chi connectivity index (χ1v) is 9.74. The summed E-state index contributed by atoms with van der Waals surface area (Å²) in [5, 5.41) is 3.64. The Morgan fingerprint density at radius 2 is 1.81 bits per heavy atom. The van der Waals surface area contributed by atoms with Gasteiger partial charge in [0.05, 0.1) is 12.1 Å². The van der Waals surface area contributed by atoms with E-state index in [9.17, 15) is 4.79 Å². The van der Waals surface area contributed by atoms with Crippen LogP contribution in [0.25, 0.3) is 11.5 Å². The molecule has 4 nitrogen and oxygen atoms in total. The average molecular weight is 448 g/mol. The fourth-order valence-electron chi connectivity index (χ4n) is 2.66. The molecule has 0 spiro atoms. The molecule has 1 aromatic heterocycles. The molecule has 0 aliphatic carbocycles. The third kappa shape index (κ3) is 5.21. The first-order chi connectivity index (χ1) is 12.8. The topological polar surface area (TPSA) is 55.1 Å². The molecule has 0 saturated carbocycles. The Hall–Kier alpha value is -2.11. The third-order valence-corrected chi connectivity index (χ3v) is 5.12. The second-order valence-electron chi connectivity index (χ2n) is 7.00. The summed E-state index contributed by atoms with van der Waals surface area (Å²) in [6, 6.07) is 15.4. The maximum Gasteiger partial charge on any atom is 0.226 e. The van der Waals surface area contributed by atoms with Gasteiger partial charge in [-0.05, 0) is 42.0 Å². The maximum absolute atomic E-state index is 12.3. The predicted molar refractivity (Wildman–Crippen MR) is 111 cm³/mol. The van der Waals surface area contributed by atoms with Gasteiger partial charge in [0.25, 0.3) is 0 Å². The largest absolute Gasteiger partial charge is 0.444 e. The fraction of sp³-hybridized carbons (Fsp3) is 0.238. The number of hydrogen-bond acceptors (Lipinski definition) is 3. The van der Waals surface area contributed by atoms with Crippen molar-refractivity contribution >= 4 is 33.4 Å². The zero-order valence-electron chi connectivity index (χ0n) is 15.1. The normalized spacial score (nSPS) is 11.4. The molecule has 27 heavy (non-hydrogen) atoms. The molecule has 2 aromatic carbocycles. The van der Waals surface area contributed by atoms with Crippen molar-refractivity contribution in [2.24, 2.45) is 0 Å². The molecule has 0 unspecified atom stereocenters. The number of benzene rings is 2. The van der Waals surface area contributed by atoms with E-state index >= 15 is 0 Å². The highest BCUT2D eigenvalue weighted by molar-refractivity contribution is 9.10. The summed E-state index contributed by atoms with van der Waals surface area (Å²) in [7, 11) is 0. The highest BCUT2D eigenvalue weighted by Gasteiger charge is 2.21. The Morgan fingerprint density at radius 3 is 2.48 bits per heavy atom. The Balaban J connectivity index is 1.58. The van der Waals surface area contributed by atoms with Gasteiger partial charge in [0, 0.05) is 27.0 Å². The predicted octanol–water partition coefficient (Wildman–Crippen LogP) is 5.39. The van der Waals surface area contributed by atoms with Crippen LogP contribution in [0.4, 0.5) is 0 Å². The molecule has 0 saturated heterocycles. The summed E-state index contributed by atoms with van der Waals surface area (Å²) < 4.78 is 6.51. The van der Waals surface area contributed by atoms with Gasteiger partial charge in [-0.15, -0.1) is 0 Å². The number of carbonyl (C=O) groups excluding carboxylic acids is 1. The summed E-state index contributed by atoms with van der Waals surface area (Å²) in [5.74, 6) is 0.390. The minimum Gasteiger partial charge on any atom is -0.444 e. The lowest BCUT2D eigenvalue weighted by Crippen LogP contribution is -2.37. The lowest BCUT2D eigenvalue weighted by atomic mass is 9.84. The maximum atomic E-state index is 12.3. The number of nitrogens with one attached hydrogen (secondary N) is 1. The molecule has 0 atom stereocenters. The van der Waals surface area contributed by atoms with Crippen molar-refractivity contribution in [3.8, 4) is 11.5 Å². The summed E-state index contributed by atoms with van der Waals surface area (Å²) in [5.41, 5.74) is 2.41.